The number of carbonyl (C=O) groups is 1. The van der Waals surface area contributed by atoms with Crippen LogP contribution < -0.4 is 10.6 Å². The van der Waals surface area contributed by atoms with Crippen LogP contribution in [-0.4, -0.2) is 18.1 Å². The molecule has 4 heteroatoms. The second-order valence-corrected chi connectivity index (χ2v) is 9.16. The van der Waals surface area contributed by atoms with Crippen molar-refractivity contribution in [3.05, 3.63) is 64.2 Å². The molecule has 0 radical (unpaired) electrons. The molecule has 0 fully saturated rings. The van der Waals surface area contributed by atoms with Crippen LogP contribution >= 0.6 is 0 Å². The second kappa shape index (κ2) is 7.59. The van der Waals surface area contributed by atoms with Crippen LogP contribution in [0.15, 0.2) is 36.4 Å². The number of nitrogens with one attached hydrogen (secondary N) is 2. The zero-order chi connectivity index (χ0) is 20.5. The highest BCUT2D eigenvalue weighted by molar-refractivity contribution is 5.88. The number of hydrogen-bond acceptors (Lipinski definition) is 3. The smallest absolute Gasteiger partial charge is 0.335 e. The molecule has 1 aliphatic carbocycles. The van der Waals surface area contributed by atoms with Crippen molar-refractivity contribution in [1.29, 1.82) is 0 Å². The van der Waals surface area contributed by atoms with E-state index in [-0.39, 0.29) is 10.8 Å². The average Bonchev–Trinajstić information content (AvgIpc) is 2.65. The lowest BCUT2D eigenvalue weighted by molar-refractivity contribution is 0.0697. The third-order valence-corrected chi connectivity index (χ3v) is 6.16. The highest BCUT2D eigenvalue weighted by Crippen LogP contribution is 2.47. The third kappa shape index (κ3) is 3.93. The van der Waals surface area contributed by atoms with Gasteiger partial charge in [0.05, 0.1) is 5.56 Å². The maximum absolute atomic E-state index is 11.0. The maximum atomic E-state index is 11.0. The van der Waals surface area contributed by atoms with E-state index in [1.165, 1.54) is 35.1 Å². The summed E-state index contributed by atoms with van der Waals surface area (Å²) in [5.41, 5.74) is 7.26. The highest BCUT2D eigenvalue weighted by atomic mass is 16.4. The summed E-state index contributed by atoms with van der Waals surface area (Å²) in [7, 11) is 2.00. The van der Waals surface area contributed by atoms with Gasteiger partial charge in [0.2, 0.25) is 0 Å². The van der Waals surface area contributed by atoms with E-state index in [9.17, 15) is 4.79 Å². The molecule has 4 nitrogen and oxygen atoms in total. The first-order valence-electron chi connectivity index (χ1n) is 10.0. The molecule has 0 aromatic heterocycles. The summed E-state index contributed by atoms with van der Waals surface area (Å²) in [6.07, 6.45) is 2.40. The second-order valence-electron chi connectivity index (χ2n) is 9.16. The SMILES string of the molecule is CNCc1c(CNc2ccc(C(=O)O)cc2)ccc2c1C(C)(C)CCC2(C)C. The fourth-order valence-electron chi connectivity index (χ4n) is 4.38. The van der Waals surface area contributed by atoms with Gasteiger partial charge >= 0.3 is 5.97 Å². The Morgan fingerprint density at radius 2 is 1.61 bits per heavy atom. The minimum absolute atomic E-state index is 0.163. The Morgan fingerprint density at radius 3 is 2.21 bits per heavy atom. The molecule has 150 valence electrons. The molecular formula is C24H32N2O2. The van der Waals surface area contributed by atoms with E-state index in [4.69, 9.17) is 5.11 Å². The Balaban J connectivity index is 1.94. The lowest BCUT2D eigenvalue weighted by atomic mass is 9.61. The van der Waals surface area contributed by atoms with Crippen molar-refractivity contribution < 1.29 is 9.90 Å². The van der Waals surface area contributed by atoms with E-state index in [0.29, 0.717) is 12.1 Å². The fourth-order valence-corrected chi connectivity index (χ4v) is 4.38. The lowest BCUT2D eigenvalue weighted by Crippen LogP contribution is -2.36. The van der Waals surface area contributed by atoms with Gasteiger partial charge in [0, 0.05) is 18.8 Å². The van der Waals surface area contributed by atoms with Crippen molar-refractivity contribution in [2.24, 2.45) is 0 Å². The lowest BCUT2D eigenvalue weighted by Gasteiger charge is -2.43. The van der Waals surface area contributed by atoms with E-state index in [2.05, 4.69) is 50.5 Å². The van der Waals surface area contributed by atoms with E-state index in [1.807, 2.05) is 19.2 Å². The third-order valence-electron chi connectivity index (χ3n) is 6.16. The number of rotatable bonds is 6. The number of aromatic carboxylic acids is 1. The summed E-state index contributed by atoms with van der Waals surface area (Å²) in [6.45, 7) is 11.0. The van der Waals surface area contributed by atoms with Gasteiger partial charge in [-0.2, -0.15) is 0 Å². The number of benzene rings is 2. The van der Waals surface area contributed by atoms with Crippen LogP contribution in [0.4, 0.5) is 5.69 Å². The van der Waals surface area contributed by atoms with Crippen LogP contribution in [0.25, 0.3) is 0 Å². The van der Waals surface area contributed by atoms with Gasteiger partial charge in [-0.1, -0.05) is 39.8 Å². The number of carboxylic acids is 1. The molecule has 28 heavy (non-hydrogen) atoms. The molecule has 0 bridgehead atoms. The van der Waals surface area contributed by atoms with E-state index in [0.717, 1.165) is 12.2 Å². The zero-order valence-corrected chi connectivity index (χ0v) is 17.6. The van der Waals surface area contributed by atoms with E-state index >= 15 is 0 Å². The van der Waals surface area contributed by atoms with Crippen molar-refractivity contribution in [2.75, 3.05) is 12.4 Å². The maximum Gasteiger partial charge on any atom is 0.335 e. The molecule has 2 aromatic carbocycles. The molecule has 0 heterocycles. The van der Waals surface area contributed by atoms with Crippen molar-refractivity contribution in [3.8, 4) is 0 Å². The Labute approximate surface area is 168 Å². The van der Waals surface area contributed by atoms with Crippen LogP contribution in [0.5, 0.6) is 0 Å². The molecule has 0 amide bonds. The number of fused-ring (bicyclic) bond motifs is 1. The van der Waals surface area contributed by atoms with Gasteiger partial charge < -0.3 is 15.7 Å². The minimum Gasteiger partial charge on any atom is -0.478 e. The van der Waals surface area contributed by atoms with Gasteiger partial charge in [0.25, 0.3) is 0 Å². The molecule has 3 rings (SSSR count). The van der Waals surface area contributed by atoms with Crippen LogP contribution in [-0.2, 0) is 23.9 Å². The van der Waals surface area contributed by atoms with Crippen LogP contribution in [0.1, 0.15) is 73.1 Å². The van der Waals surface area contributed by atoms with Crippen molar-refractivity contribution >= 4 is 11.7 Å². The first-order chi connectivity index (χ1) is 13.2. The van der Waals surface area contributed by atoms with Gasteiger partial charge in [0.15, 0.2) is 0 Å². The Morgan fingerprint density at radius 1 is 0.964 bits per heavy atom. The standard InChI is InChI=1S/C24H32N2O2/c1-23(2)12-13-24(3,4)21-19(15-25-5)17(8-11-20(21)23)14-26-18-9-6-16(7-10-18)22(27)28/h6-11,25-26H,12-15H2,1-5H3,(H,27,28). The molecule has 0 saturated carbocycles. The topological polar surface area (TPSA) is 61.4 Å². The van der Waals surface area contributed by atoms with E-state index < -0.39 is 5.97 Å². The average molecular weight is 381 g/mol. The summed E-state index contributed by atoms with van der Waals surface area (Å²) < 4.78 is 0. The molecule has 0 unspecified atom stereocenters. The molecule has 0 atom stereocenters. The number of anilines is 1. The monoisotopic (exact) mass is 380 g/mol. The fraction of sp³-hybridized carbons (Fsp3) is 0.458. The molecule has 0 spiro atoms. The Bertz CT molecular complexity index is 867. The van der Waals surface area contributed by atoms with Crippen LogP contribution in [0, 0.1) is 0 Å². The molecule has 1 aliphatic rings. The summed E-state index contributed by atoms with van der Waals surface area (Å²) in [5.74, 6) is -0.901. The van der Waals surface area contributed by atoms with Gasteiger partial charge in [-0.3, -0.25) is 0 Å². The largest absolute Gasteiger partial charge is 0.478 e. The highest BCUT2D eigenvalue weighted by Gasteiger charge is 2.38. The van der Waals surface area contributed by atoms with Crippen molar-refractivity contribution in [3.63, 3.8) is 0 Å². The van der Waals surface area contributed by atoms with Crippen LogP contribution in [0.3, 0.4) is 0 Å². The number of hydrogen-bond donors (Lipinski definition) is 3. The Kier molecular flexibility index (Phi) is 5.53. The first kappa shape index (κ1) is 20.4. The molecule has 2 aromatic rings. The molecule has 0 aliphatic heterocycles. The molecule has 0 saturated heterocycles. The molecular weight excluding hydrogens is 348 g/mol. The van der Waals surface area contributed by atoms with Crippen LogP contribution in [0.2, 0.25) is 0 Å². The number of carboxylic acid groups (broad SMARTS) is 1. The van der Waals surface area contributed by atoms with Gasteiger partial charge in [-0.15, -0.1) is 0 Å². The van der Waals surface area contributed by atoms with E-state index in [1.54, 1.807) is 12.1 Å². The summed E-state index contributed by atoms with van der Waals surface area (Å²) in [4.78, 5) is 11.0. The summed E-state index contributed by atoms with van der Waals surface area (Å²) >= 11 is 0. The zero-order valence-electron chi connectivity index (χ0n) is 17.6. The summed E-state index contributed by atoms with van der Waals surface area (Å²) in [6, 6.07) is 11.5. The quantitative estimate of drug-likeness (QED) is 0.655. The van der Waals surface area contributed by atoms with Crippen molar-refractivity contribution in [1.82, 2.24) is 5.32 Å². The predicted octanol–water partition coefficient (Wildman–Crippen LogP) is 5.07. The first-order valence-corrected chi connectivity index (χ1v) is 10.0. The summed E-state index contributed by atoms with van der Waals surface area (Å²) in [5, 5.41) is 15.9. The minimum atomic E-state index is -0.901. The van der Waals surface area contributed by atoms with Gasteiger partial charge in [0.1, 0.15) is 0 Å². The Hall–Kier alpha value is -2.33. The van der Waals surface area contributed by atoms with Crippen molar-refractivity contribution in [2.45, 2.75) is 64.5 Å². The van der Waals surface area contributed by atoms with Gasteiger partial charge in [-0.25, -0.2) is 4.79 Å². The van der Waals surface area contributed by atoms with Gasteiger partial charge in [-0.05, 0) is 77.2 Å². The normalized spacial score (nSPS) is 17.0. The predicted molar refractivity (Wildman–Crippen MR) is 115 cm³/mol. The molecule has 3 N–H and O–H groups in total.